The van der Waals surface area contributed by atoms with Crippen molar-refractivity contribution in [2.45, 2.75) is 70.6 Å². The number of rotatable bonds is 4. The Balaban J connectivity index is 2.71. The smallest absolute Gasteiger partial charge is 0.314 e. The molecule has 0 spiro atoms. The molecule has 3 heteroatoms. The van der Waals surface area contributed by atoms with E-state index in [0.29, 0.717) is 24.8 Å². The van der Waals surface area contributed by atoms with E-state index in [1.165, 1.54) is 0 Å². The molecule has 1 aliphatic rings. The van der Waals surface area contributed by atoms with Gasteiger partial charge in [-0.1, -0.05) is 52.2 Å². The zero-order valence-electron chi connectivity index (χ0n) is 13.3. The second-order valence-electron chi connectivity index (χ2n) is 6.49. The molecular weight excluding hydrogens is 264 g/mol. The van der Waals surface area contributed by atoms with Gasteiger partial charge in [0.05, 0.1) is 5.41 Å². The van der Waals surface area contributed by atoms with Gasteiger partial charge in [0.2, 0.25) is 0 Å². The molecule has 1 saturated carbocycles. The van der Waals surface area contributed by atoms with Crippen LogP contribution in [0.5, 0.6) is 5.75 Å². The third-order valence-corrected chi connectivity index (χ3v) is 4.89. The number of aryl methyl sites for hydroxylation is 1. The van der Waals surface area contributed by atoms with E-state index in [0.717, 1.165) is 30.4 Å². The lowest BCUT2D eigenvalue weighted by Gasteiger charge is -2.36. The van der Waals surface area contributed by atoms with Crippen LogP contribution < -0.4 is 0 Å². The van der Waals surface area contributed by atoms with Crippen molar-refractivity contribution in [1.29, 1.82) is 0 Å². The highest BCUT2D eigenvalue weighted by Gasteiger charge is 2.45. The number of hydrogen-bond donors (Lipinski definition) is 2. The average Bonchev–Trinajstić information content (AvgIpc) is 2.47. The Hall–Kier alpha value is -1.51. The number of carboxylic acids is 1. The van der Waals surface area contributed by atoms with Gasteiger partial charge in [-0.15, -0.1) is 0 Å². The Morgan fingerprint density at radius 2 is 1.86 bits per heavy atom. The Morgan fingerprint density at radius 3 is 2.33 bits per heavy atom. The highest BCUT2D eigenvalue weighted by Crippen LogP contribution is 2.47. The van der Waals surface area contributed by atoms with Crippen LogP contribution in [0.1, 0.15) is 75.5 Å². The highest BCUT2D eigenvalue weighted by atomic mass is 16.4. The fraction of sp³-hybridized carbons (Fsp3) is 0.611. The quantitative estimate of drug-likeness (QED) is 0.866. The molecule has 0 heterocycles. The molecular formula is C18H26O3. The molecule has 0 aromatic heterocycles. The number of aliphatic carboxylic acids is 1. The van der Waals surface area contributed by atoms with Gasteiger partial charge in [-0.25, -0.2) is 0 Å². The maximum Gasteiger partial charge on any atom is 0.314 e. The molecule has 1 aliphatic carbocycles. The standard InChI is InChI=1S/C18H26O3/c1-4-13-8-9-14(12(2)3)15(16(13)19)18(17(20)21)10-6-5-7-11-18/h8-9,12,19H,4-7,10-11H2,1-3H3,(H,20,21). The van der Waals surface area contributed by atoms with E-state index in [2.05, 4.69) is 13.8 Å². The Labute approximate surface area is 127 Å². The first-order valence-electron chi connectivity index (χ1n) is 8.02. The zero-order valence-corrected chi connectivity index (χ0v) is 13.3. The maximum absolute atomic E-state index is 12.1. The predicted molar refractivity (Wildman–Crippen MR) is 84.0 cm³/mol. The largest absolute Gasteiger partial charge is 0.507 e. The second kappa shape index (κ2) is 6.08. The van der Waals surface area contributed by atoms with Crippen LogP contribution in [0, 0.1) is 0 Å². The van der Waals surface area contributed by atoms with E-state index in [-0.39, 0.29) is 11.7 Å². The summed E-state index contributed by atoms with van der Waals surface area (Å²) in [4.78, 5) is 12.1. The van der Waals surface area contributed by atoms with Gasteiger partial charge in [-0.05, 0) is 36.3 Å². The Morgan fingerprint density at radius 1 is 1.24 bits per heavy atom. The van der Waals surface area contributed by atoms with Crippen molar-refractivity contribution in [3.05, 3.63) is 28.8 Å². The molecule has 0 unspecified atom stereocenters. The number of phenolic OH excluding ortho intramolecular Hbond substituents is 1. The predicted octanol–water partition coefficient (Wildman–Crippen LogP) is 4.36. The highest BCUT2D eigenvalue weighted by molar-refractivity contribution is 5.83. The van der Waals surface area contributed by atoms with E-state index in [4.69, 9.17) is 0 Å². The molecule has 1 fully saturated rings. The number of carboxylic acid groups (broad SMARTS) is 1. The van der Waals surface area contributed by atoms with Gasteiger partial charge < -0.3 is 10.2 Å². The van der Waals surface area contributed by atoms with Gasteiger partial charge in [0.25, 0.3) is 0 Å². The summed E-state index contributed by atoms with van der Waals surface area (Å²) >= 11 is 0. The first kappa shape index (κ1) is 15.9. The summed E-state index contributed by atoms with van der Waals surface area (Å²) in [6.45, 7) is 6.10. The van der Waals surface area contributed by atoms with E-state index in [1.807, 2.05) is 19.1 Å². The van der Waals surface area contributed by atoms with Crippen LogP contribution in [0.4, 0.5) is 0 Å². The topological polar surface area (TPSA) is 57.5 Å². The fourth-order valence-electron chi connectivity index (χ4n) is 3.65. The average molecular weight is 290 g/mol. The minimum Gasteiger partial charge on any atom is -0.507 e. The normalized spacial score (nSPS) is 17.9. The van der Waals surface area contributed by atoms with Crippen molar-refractivity contribution in [2.75, 3.05) is 0 Å². The number of hydrogen-bond acceptors (Lipinski definition) is 2. The van der Waals surface area contributed by atoms with Crippen molar-refractivity contribution in [2.24, 2.45) is 0 Å². The van der Waals surface area contributed by atoms with Crippen LogP contribution in [0.15, 0.2) is 12.1 Å². The molecule has 1 aromatic carbocycles. The Bertz CT molecular complexity index is 526. The van der Waals surface area contributed by atoms with Crippen LogP contribution in [-0.2, 0) is 16.6 Å². The van der Waals surface area contributed by atoms with Gasteiger partial charge in [-0.2, -0.15) is 0 Å². The zero-order chi connectivity index (χ0) is 15.6. The Kier molecular flexibility index (Phi) is 4.60. The summed E-state index contributed by atoms with van der Waals surface area (Å²) in [6, 6.07) is 3.95. The molecule has 2 N–H and O–H groups in total. The number of aromatic hydroxyl groups is 1. The lowest BCUT2D eigenvalue weighted by atomic mass is 9.66. The van der Waals surface area contributed by atoms with E-state index in [1.54, 1.807) is 0 Å². The van der Waals surface area contributed by atoms with Crippen molar-refractivity contribution >= 4 is 5.97 Å². The van der Waals surface area contributed by atoms with Gasteiger partial charge in [0.1, 0.15) is 5.75 Å². The van der Waals surface area contributed by atoms with Gasteiger partial charge in [0.15, 0.2) is 0 Å². The summed E-state index contributed by atoms with van der Waals surface area (Å²) in [6.07, 6.45) is 4.89. The molecule has 0 aliphatic heterocycles. The molecule has 0 radical (unpaired) electrons. The lowest BCUT2D eigenvalue weighted by Crippen LogP contribution is -2.39. The van der Waals surface area contributed by atoms with Crippen molar-refractivity contribution in [3.8, 4) is 5.75 Å². The van der Waals surface area contributed by atoms with Gasteiger partial charge in [-0.3, -0.25) is 4.79 Å². The monoisotopic (exact) mass is 290 g/mol. The minimum atomic E-state index is -0.910. The molecule has 21 heavy (non-hydrogen) atoms. The van der Waals surface area contributed by atoms with Crippen LogP contribution in [-0.4, -0.2) is 16.2 Å². The second-order valence-corrected chi connectivity index (χ2v) is 6.49. The number of benzene rings is 1. The third kappa shape index (κ3) is 2.66. The summed E-state index contributed by atoms with van der Waals surface area (Å²) in [5.41, 5.74) is 1.60. The number of carbonyl (C=O) groups is 1. The summed E-state index contributed by atoms with van der Waals surface area (Å²) in [7, 11) is 0. The van der Waals surface area contributed by atoms with Crippen LogP contribution in [0.3, 0.4) is 0 Å². The first-order chi connectivity index (χ1) is 9.94. The van der Waals surface area contributed by atoms with E-state index in [9.17, 15) is 15.0 Å². The fourth-order valence-corrected chi connectivity index (χ4v) is 3.65. The minimum absolute atomic E-state index is 0.204. The third-order valence-electron chi connectivity index (χ3n) is 4.89. The molecule has 0 saturated heterocycles. The van der Waals surface area contributed by atoms with Crippen molar-refractivity contribution in [3.63, 3.8) is 0 Å². The molecule has 2 rings (SSSR count). The van der Waals surface area contributed by atoms with Crippen LogP contribution >= 0.6 is 0 Å². The van der Waals surface area contributed by atoms with Gasteiger partial charge >= 0.3 is 5.97 Å². The van der Waals surface area contributed by atoms with Crippen molar-refractivity contribution in [1.82, 2.24) is 0 Å². The van der Waals surface area contributed by atoms with E-state index >= 15 is 0 Å². The summed E-state index contributed by atoms with van der Waals surface area (Å²) < 4.78 is 0. The molecule has 0 amide bonds. The molecule has 0 atom stereocenters. The molecule has 1 aromatic rings. The van der Waals surface area contributed by atoms with E-state index < -0.39 is 11.4 Å². The molecule has 3 nitrogen and oxygen atoms in total. The molecule has 0 bridgehead atoms. The SMILES string of the molecule is CCc1ccc(C(C)C)c(C2(C(=O)O)CCCCC2)c1O. The number of phenols is 1. The van der Waals surface area contributed by atoms with Crippen LogP contribution in [0.2, 0.25) is 0 Å². The van der Waals surface area contributed by atoms with Crippen LogP contribution in [0.25, 0.3) is 0 Å². The van der Waals surface area contributed by atoms with Crippen molar-refractivity contribution < 1.29 is 15.0 Å². The summed E-state index contributed by atoms with van der Waals surface area (Å²) in [5, 5.41) is 20.6. The first-order valence-corrected chi connectivity index (χ1v) is 8.02. The maximum atomic E-state index is 12.1. The summed E-state index contributed by atoms with van der Waals surface area (Å²) in [5.74, 6) is -0.365. The lowest BCUT2D eigenvalue weighted by molar-refractivity contribution is -0.145. The van der Waals surface area contributed by atoms with Gasteiger partial charge in [0, 0.05) is 5.56 Å². The molecule has 116 valence electrons.